The van der Waals surface area contributed by atoms with E-state index in [1.54, 1.807) is 11.3 Å². The van der Waals surface area contributed by atoms with Gasteiger partial charge in [0, 0.05) is 38.7 Å². The Morgan fingerprint density at radius 2 is 2.21 bits per heavy atom. The standard InChI is InChI=1S/C14H17BrN2S2/c1-10-8-19-14(17-10)7-11(16-2)9-18-13-6-4-3-5-12(13)15/h3-6,8,11,16H,7,9H2,1-2H3. The van der Waals surface area contributed by atoms with E-state index in [0.29, 0.717) is 6.04 Å². The minimum atomic E-state index is 0.447. The van der Waals surface area contributed by atoms with E-state index in [0.717, 1.165) is 17.9 Å². The lowest BCUT2D eigenvalue weighted by molar-refractivity contribution is 0.615. The third-order valence-electron chi connectivity index (χ3n) is 2.77. The molecule has 0 aliphatic heterocycles. The minimum absolute atomic E-state index is 0.447. The number of nitrogens with zero attached hydrogens (tertiary/aromatic N) is 1. The molecule has 1 atom stereocenters. The highest BCUT2D eigenvalue weighted by atomic mass is 79.9. The smallest absolute Gasteiger partial charge is 0.0943 e. The Kier molecular flexibility index (Phi) is 5.88. The van der Waals surface area contributed by atoms with Crippen LogP contribution in [0, 0.1) is 6.92 Å². The number of benzene rings is 1. The molecule has 0 bridgehead atoms. The van der Waals surface area contributed by atoms with Gasteiger partial charge in [0.05, 0.1) is 5.01 Å². The zero-order valence-corrected chi connectivity index (χ0v) is 14.2. The summed E-state index contributed by atoms with van der Waals surface area (Å²) in [5.41, 5.74) is 1.12. The van der Waals surface area contributed by atoms with E-state index in [2.05, 4.69) is 49.8 Å². The van der Waals surface area contributed by atoms with Crippen LogP contribution in [0.25, 0.3) is 0 Å². The van der Waals surface area contributed by atoms with Crippen LogP contribution in [0.3, 0.4) is 0 Å². The second-order valence-electron chi connectivity index (χ2n) is 4.31. The molecule has 0 radical (unpaired) electrons. The number of likely N-dealkylation sites (N-methyl/N-ethyl adjacent to an activating group) is 1. The average molecular weight is 357 g/mol. The van der Waals surface area contributed by atoms with Crippen molar-refractivity contribution < 1.29 is 0 Å². The van der Waals surface area contributed by atoms with Gasteiger partial charge in [0.1, 0.15) is 0 Å². The van der Waals surface area contributed by atoms with Crippen LogP contribution in [0.5, 0.6) is 0 Å². The lowest BCUT2D eigenvalue weighted by Gasteiger charge is -2.14. The van der Waals surface area contributed by atoms with E-state index in [9.17, 15) is 0 Å². The highest BCUT2D eigenvalue weighted by Crippen LogP contribution is 2.28. The van der Waals surface area contributed by atoms with E-state index in [1.165, 1.54) is 14.4 Å². The number of thioether (sulfide) groups is 1. The monoisotopic (exact) mass is 356 g/mol. The van der Waals surface area contributed by atoms with Crippen LogP contribution in [0.2, 0.25) is 0 Å². The largest absolute Gasteiger partial charge is 0.316 e. The molecule has 0 saturated carbocycles. The summed E-state index contributed by atoms with van der Waals surface area (Å²) in [4.78, 5) is 5.82. The van der Waals surface area contributed by atoms with Gasteiger partial charge in [-0.25, -0.2) is 4.98 Å². The first kappa shape index (κ1) is 15.0. The van der Waals surface area contributed by atoms with Crippen LogP contribution in [-0.4, -0.2) is 23.8 Å². The Hall–Kier alpha value is -0.360. The van der Waals surface area contributed by atoms with Crippen LogP contribution in [0.15, 0.2) is 39.0 Å². The average Bonchev–Trinajstić information content (AvgIpc) is 2.81. The van der Waals surface area contributed by atoms with Crippen molar-refractivity contribution >= 4 is 39.0 Å². The molecular formula is C14H17BrN2S2. The Balaban J connectivity index is 1.91. The molecule has 0 aliphatic rings. The molecule has 2 nitrogen and oxygen atoms in total. The summed E-state index contributed by atoms with van der Waals surface area (Å²) in [6.07, 6.45) is 0.993. The van der Waals surface area contributed by atoms with E-state index in [1.807, 2.05) is 31.8 Å². The van der Waals surface area contributed by atoms with Gasteiger partial charge < -0.3 is 5.32 Å². The number of aryl methyl sites for hydroxylation is 1. The summed E-state index contributed by atoms with van der Waals surface area (Å²) in [6.45, 7) is 2.05. The first-order chi connectivity index (χ1) is 9.19. The van der Waals surface area contributed by atoms with Crippen molar-refractivity contribution in [1.29, 1.82) is 0 Å². The molecule has 2 rings (SSSR count). The van der Waals surface area contributed by atoms with Gasteiger partial charge in [-0.1, -0.05) is 12.1 Å². The van der Waals surface area contributed by atoms with Crippen LogP contribution in [-0.2, 0) is 6.42 Å². The number of aromatic nitrogens is 1. The predicted molar refractivity (Wildman–Crippen MR) is 88.3 cm³/mol. The summed E-state index contributed by atoms with van der Waals surface area (Å²) in [7, 11) is 2.02. The van der Waals surface area contributed by atoms with Crippen LogP contribution < -0.4 is 5.32 Å². The molecule has 0 aliphatic carbocycles. The predicted octanol–water partition coefficient (Wildman–Crippen LogP) is 4.14. The van der Waals surface area contributed by atoms with Gasteiger partial charge in [-0.15, -0.1) is 23.1 Å². The number of thiazole rings is 1. The van der Waals surface area contributed by atoms with Crippen molar-refractivity contribution in [3.63, 3.8) is 0 Å². The van der Waals surface area contributed by atoms with E-state index < -0.39 is 0 Å². The fourth-order valence-electron chi connectivity index (χ4n) is 1.70. The van der Waals surface area contributed by atoms with Crippen molar-refractivity contribution in [3.05, 3.63) is 44.8 Å². The molecule has 1 N–H and O–H groups in total. The molecule has 1 heterocycles. The fraction of sp³-hybridized carbons (Fsp3) is 0.357. The molecule has 102 valence electrons. The molecule has 1 aromatic carbocycles. The number of hydrogen-bond donors (Lipinski definition) is 1. The lowest BCUT2D eigenvalue weighted by Crippen LogP contribution is -2.30. The van der Waals surface area contributed by atoms with Crippen molar-refractivity contribution in [2.24, 2.45) is 0 Å². The second kappa shape index (κ2) is 7.43. The number of hydrogen-bond acceptors (Lipinski definition) is 4. The van der Waals surface area contributed by atoms with Crippen LogP contribution in [0.1, 0.15) is 10.7 Å². The van der Waals surface area contributed by atoms with Gasteiger partial charge in [-0.2, -0.15) is 0 Å². The lowest BCUT2D eigenvalue weighted by atomic mass is 10.2. The van der Waals surface area contributed by atoms with Crippen molar-refractivity contribution in [3.8, 4) is 0 Å². The SMILES string of the molecule is CNC(CSc1ccccc1Br)Cc1nc(C)cs1. The maximum Gasteiger partial charge on any atom is 0.0943 e. The molecule has 0 saturated heterocycles. The molecule has 0 fully saturated rings. The maximum atomic E-state index is 4.53. The molecule has 1 unspecified atom stereocenters. The Morgan fingerprint density at radius 3 is 2.84 bits per heavy atom. The van der Waals surface area contributed by atoms with Gasteiger partial charge in [0.2, 0.25) is 0 Å². The molecule has 1 aromatic heterocycles. The highest BCUT2D eigenvalue weighted by molar-refractivity contribution is 9.10. The molecule has 0 amide bonds. The van der Waals surface area contributed by atoms with Crippen molar-refractivity contribution in [2.75, 3.05) is 12.8 Å². The van der Waals surface area contributed by atoms with Gasteiger partial charge in [-0.3, -0.25) is 0 Å². The normalized spacial score (nSPS) is 12.6. The Labute approximate surface area is 131 Å². The van der Waals surface area contributed by atoms with Gasteiger partial charge in [0.25, 0.3) is 0 Å². The maximum absolute atomic E-state index is 4.53. The Morgan fingerprint density at radius 1 is 1.42 bits per heavy atom. The molecular weight excluding hydrogens is 340 g/mol. The summed E-state index contributed by atoms with van der Waals surface area (Å²) < 4.78 is 1.17. The number of rotatable bonds is 6. The summed E-state index contributed by atoms with van der Waals surface area (Å²) >= 11 is 7.21. The molecule has 2 aromatic rings. The van der Waals surface area contributed by atoms with E-state index in [4.69, 9.17) is 0 Å². The highest BCUT2D eigenvalue weighted by Gasteiger charge is 2.11. The number of halogens is 1. The van der Waals surface area contributed by atoms with E-state index >= 15 is 0 Å². The first-order valence-corrected chi connectivity index (χ1v) is 8.80. The topological polar surface area (TPSA) is 24.9 Å². The van der Waals surface area contributed by atoms with Crippen LogP contribution in [0.4, 0.5) is 0 Å². The van der Waals surface area contributed by atoms with Crippen LogP contribution >= 0.6 is 39.0 Å². The van der Waals surface area contributed by atoms with E-state index in [-0.39, 0.29) is 0 Å². The zero-order valence-electron chi connectivity index (χ0n) is 11.0. The summed E-state index contributed by atoms with van der Waals surface area (Å²) in [5.74, 6) is 1.04. The quantitative estimate of drug-likeness (QED) is 0.787. The van der Waals surface area contributed by atoms with Gasteiger partial charge >= 0.3 is 0 Å². The van der Waals surface area contributed by atoms with Gasteiger partial charge in [0.15, 0.2) is 0 Å². The number of nitrogens with one attached hydrogen (secondary N) is 1. The third kappa shape index (κ3) is 4.60. The third-order valence-corrected chi connectivity index (χ3v) is 5.95. The summed E-state index contributed by atoms with van der Waals surface area (Å²) in [5, 5.41) is 6.71. The fourth-order valence-corrected chi connectivity index (χ4v) is 4.23. The first-order valence-electron chi connectivity index (χ1n) is 6.14. The minimum Gasteiger partial charge on any atom is -0.316 e. The molecule has 5 heteroatoms. The second-order valence-corrected chi connectivity index (χ2v) is 7.17. The van der Waals surface area contributed by atoms with Crippen molar-refractivity contribution in [2.45, 2.75) is 24.3 Å². The van der Waals surface area contributed by atoms with Gasteiger partial charge in [-0.05, 0) is 42.0 Å². The summed E-state index contributed by atoms with van der Waals surface area (Å²) in [6, 6.07) is 8.80. The zero-order chi connectivity index (χ0) is 13.7. The molecule has 0 spiro atoms. The molecule has 19 heavy (non-hydrogen) atoms. The Bertz CT molecular complexity index is 528. The van der Waals surface area contributed by atoms with Crippen molar-refractivity contribution in [1.82, 2.24) is 10.3 Å².